The van der Waals surface area contributed by atoms with Gasteiger partial charge in [-0.15, -0.1) is 0 Å². The molecule has 5 nitrogen and oxygen atoms in total. The zero-order chi connectivity index (χ0) is 15.4. The first-order valence-electron chi connectivity index (χ1n) is 7.18. The van der Waals surface area contributed by atoms with Gasteiger partial charge in [0.2, 0.25) is 0 Å². The van der Waals surface area contributed by atoms with Crippen molar-refractivity contribution < 1.29 is 0 Å². The van der Waals surface area contributed by atoms with Crippen molar-refractivity contribution in [2.45, 2.75) is 6.54 Å². The van der Waals surface area contributed by atoms with Gasteiger partial charge in [0.05, 0.1) is 22.6 Å². The highest BCUT2D eigenvalue weighted by Gasteiger charge is 2.17. The largest absolute Gasteiger partial charge is 0.368 e. The number of piperazine rings is 1. The van der Waals surface area contributed by atoms with Crippen molar-refractivity contribution >= 4 is 17.3 Å². The molecule has 0 N–H and O–H groups in total. The van der Waals surface area contributed by atoms with Crippen molar-refractivity contribution in [3.8, 4) is 6.07 Å². The molecule has 1 saturated heterocycles. The minimum Gasteiger partial charge on any atom is -0.368 e. The highest BCUT2D eigenvalue weighted by atomic mass is 35.5. The first kappa shape index (κ1) is 14.8. The number of nitrogens with zero attached hydrogens (tertiary/aromatic N) is 5. The third kappa shape index (κ3) is 3.53. The quantitative estimate of drug-likeness (QED) is 0.870. The first-order valence-corrected chi connectivity index (χ1v) is 7.56. The Morgan fingerprint density at radius 1 is 1.05 bits per heavy atom. The van der Waals surface area contributed by atoms with Crippen LogP contribution in [-0.4, -0.2) is 41.0 Å². The lowest BCUT2D eigenvalue weighted by Crippen LogP contribution is -2.46. The summed E-state index contributed by atoms with van der Waals surface area (Å²) in [6.07, 6.45) is 3.46. The van der Waals surface area contributed by atoms with Gasteiger partial charge in [0.25, 0.3) is 0 Å². The molecule has 0 bridgehead atoms. The number of pyridine rings is 2. The molecule has 3 heterocycles. The van der Waals surface area contributed by atoms with Gasteiger partial charge in [-0.25, -0.2) is 4.98 Å². The monoisotopic (exact) mass is 313 g/mol. The van der Waals surface area contributed by atoms with Gasteiger partial charge < -0.3 is 4.90 Å². The second-order valence-electron chi connectivity index (χ2n) is 5.24. The molecule has 1 aliphatic rings. The predicted octanol–water partition coefficient (Wildman–Crippen LogP) is 2.32. The molecule has 0 unspecified atom stereocenters. The highest BCUT2D eigenvalue weighted by molar-refractivity contribution is 6.30. The summed E-state index contributed by atoms with van der Waals surface area (Å²) in [7, 11) is 0. The third-order valence-corrected chi connectivity index (χ3v) is 4.00. The number of rotatable bonds is 3. The van der Waals surface area contributed by atoms with Gasteiger partial charge in [-0.3, -0.25) is 9.88 Å². The van der Waals surface area contributed by atoms with E-state index >= 15 is 0 Å². The van der Waals surface area contributed by atoms with Gasteiger partial charge in [-0.2, -0.15) is 5.26 Å². The molecule has 1 aliphatic heterocycles. The molecule has 2 aromatic heterocycles. The van der Waals surface area contributed by atoms with Crippen molar-refractivity contribution in [2.24, 2.45) is 0 Å². The fraction of sp³-hybridized carbons (Fsp3) is 0.312. The fourth-order valence-corrected chi connectivity index (χ4v) is 2.64. The van der Waals surface area contributed by atoms with Crippen molar-refractivity contribution in [2.75, 3.05) is 31.1 Å². The van der Waals surface area contributed by atoms with E-state index in [2.05, 4.69) is 19.8 Å². The number of halogens is 1. The molecule has 0 saturated carbocycles. The van der Waals surface area contributed by atoms with Crippen LogP contribution in [0.3, 0.4) is 0 Å². The fourth-order valence-electron chi connectivity index (χ4n) is 2.53. The van der Waals surface area contributed by atoms with E-state index < -0.39 is 0 Å². The van der Waals surface area contributed by atoms with E-state index in [1.807, 2.05) is 24.3 Å². The zero-order valence-corrected chi connectivity index (χ0v) is 12.9. The summed E-state index contributed by atoms with van der Waals surface area (Å²) in [5.74, 6) is 0. The molecule has 22 heavy (non-hydrogen) atoms. The van der Waals surface area contributed by atoms with Gasteiger partial charge in [0.1, 0.15) is 11.8 Å². The molecule has 0 amide bonds. The minimum atomic E-state index is 0.455. The van der Waals surface area contributed by atoms with Crippen LogP contribution in [0.4, 0.5) is 5.69 Å². The molecular weight excluding hydrogens is 298 g/mol. The maximum Gasteiger partial charge on any atom is 0.140 e. The predicted molar refractivity (Wildman–Crippen MR) is 85.7 cm³/mol. The Labute approximate surface area is 134 Å². The lowest BCUT2D eigenvalue weighted by atomic mass is 10.2. The molecule has 0 atom stereocenters. The topological polar surface area (TPSA) is 56.1 Å². The van der Waals surface area contributed by atoms with Crippen LogP contribution in [0.15, 0.2) is 36.7 Å². The van der Waals surface area contributed by atoms with E-state index in [9.17, 15) is 0 Å². The standard InChI is InChI=1S/C16H16ClN5/c17-13-1-2-15(19-10-13)12-21-5-7-22(8-6-21)16-4-3-14(9-18)20-11-16/h1-4,10-11H,5-8,12H2. The summed E-state index contributed by atoms with van der Waals surface area (Å²) in [4.78, 5) is 13.1. The second kappa shape index (κ2) is 6.73. The second-order valence-corrected chi connectivity index (χ2v) is 5.68. The smallest absolute Gasteiger partial charge is 0.140 e. The van der Waals surface area contributed by atoms with Crippen molar-refractivity contribution in [1.29, 1.82) is 5.26 Å². The van der Waals surface area contributed by atoms with Crippen LogP contribution < -0.4 is 4.90 Å². The van der Waals surface area contributed by atoms with Crippen LogP contribution in [0.5, 0.6) is 0 Å². The van der Waals surface area contributed by atoms with E-state index in [-0.39, 0.29) is 0 Å². The van der Waals surface area contributed by atoms with E-state index in [1.165, 1.54) is 0 Å². The molecule has 0 aromatic carbocycles. The molecule has 0 spiro atoms. The van der Waals surface area contributed by atoms with Gasteiger partial charge in [0.15, 0.2) is 0 Å². The average Bonchev–Trinajstić information content (AvgIpc) is 2.58. The lowest BCUT2D eigenvalue weighted by Gasteiger charge is -2.35. The van der Waals surface area contributed by atoms with Crippen LogP contribution in [-0.2, 0) is 6.54 Å². The van der Waals surface area contributed by atoms with E-state index in [0.717, 1.165) is 44.1 Å². The Bertz CT molecular complexity index is 654. The molecule has 0 aliphatic carbocycles. The molecule has 0 radical (unpaired) electrons. The maximum atomic E-state index is 8.78. The Balaban J connectivity index is 1.55. The molecule has 3 rings (SSSR count). The first-order chi connectivity index (χ1) is 10.7. The van der Waals surface area contributed by atoms with Gasteiger partial charge in [0, 0.05) is 38.9 Å². The summed E-state index contributed by atoms with van der Waals surface area (Å²) >= 11 is 5.85. The van der Waals surface area contributed by atoms with Crippen molar-refractivity contribution in [3.05, 3.63) is 53.1 Å². The maximum absolute atomic E-state index is 8.78. The van der Waals surface area contributed by atoms with Gasteiger partial charge >= 0.3 is 0 Å². The van der Waals surface area contributed by atoms with Crippen LogP contribution in [0.25, 0.3) is 0 Å². The van der Waals surface area contributed by atoms with E-state index in [4.69, 9.17) is 16.9 Å². The Morgan fingerprint density at radius 3 is 2.45 bits per heavy atom. The van der Waals surface area contributed by atoms with Gasteiger partial charge in [-0.05, 0) is 24.3 Å². The molecular formula is C16H16ClN5. The normalized spacial score (nSPS) is 15.5. The molecule has 6 heteroatoms. The van der Waals surface area contributed by atoms with Crippen LogP contribution in [0.1, 0.15) is 11.4 Å². The number of anilines is 1. The number of hydrogen-bond donors (Lipinski definition) is 0. The van der Waals surface area contributed by atoms with Gasteiger partial charge in [-0.1, -0.05) is 11.6 Å². The third-order valence-electron chi connectivity index (χ3n) is 3.77. The van der Waals surface area contributed by atoms with Crippen molar-refractivity contribution in [1.82, 2.24) is 14.9 Å². The molecule has 112 valence electrons. The highest BCUT2D eigenvalue weighted by Crippen LogP contribution is 2.16. The molecule has 2 aromatic rings. The number of nitriles is 1. The summed E-state index contributed by atoms with van der Waals surface area (Å²) in [6, 6.07) is 9.61. The molecule has 1 fully saturated rings. The minimum absolute atomic E-state index is 0.455. The van der Waals surface area contributed by atoms with Crippen LogP contribution in [0.2, 0.25) is 5.02 Å². The van der Waals surface area contributed by atoms with Crippen LogP contribution in [0, 0.1) is 11.3 Å². The summed E-state index contributed by atoms with van der Waals surface area (Å²) in [5.41, 5.74) is 2.57. The van der Waals surface area contributed by atoms with Crippen LogP contribution >= 0.6 is 11.6 Å². The summed E-state index contributed by atoms with van der Waals surface area (Å²) < 4.78 is 0. The van der Waals surface area contributed by atoms with E-state index in [0.29, 0.717) is 10.7 Å². The van der Waals surface area contributed by atoms with Crippen molar-refractivity contribution in [3.63, 3.8) is 0 Å². The zero-order valence-electron chi connectivity index (χ0n) is 12.1. The summed E-state index contributed by atoms with van der Waals surface area (Å²) in [5, 5.41) is 9.45. The number of hydrogen-bond acceptors (Lipinski definition) is 5. The summed E-state index contributed by atoms with van der Waals surface area (Å²) in [6.45, 7) is 4.69. The Morgan fingerprint density at radius 2 is 1.86 bits per heavy atom. The number of aromatic nitrogens is 2. The Hall–Kier alpha value is -2.16. The van der Waals surface area contributed by atoms with E-state index in [1.54, 1.807) is 18.5 Å². The average molecular weight is 314 g/mol. The SMILES string of the molecule is N#Cc1ccc(N2CCN(Cc3ccc(Cl)cn3)CC2)cn1. The lowest BCUT2D eigenvalue weighted by molar-refractivity contribution is 0.247. The Kier molecular flexibility index (Phi) is 4.52.